The molecule has 0 bridgehead atoms. The van der Waals surface area contributed by atoms with Gasteiger partial charge in [-0.3, -0.25) is 24.0 Å². The molecule has 0 radical (unpaired) electrons. The molecular formula is C55H112N10O16. The topological polar surface area (TPSA) is 494 Å². The SMILES string of the molecule is CC[C@H](C)[C@H](N)C(=O)N[C@H](C(=O)O)C(C)C.CC[C@H](C)[C@H](N)C(=O)N[C@H](C(=O)O)C(C)C.CC[C@H](C)[C@H](N)C(=O)N[C@H](C(=O)O)C(C)C.CC[C@H](C)[C@H](N)C(=O)N[C@H](C(=O)O)C(C)C.CC[C@H](C)[C@H](N)C(=O)N[C@H](C(=O)O)C(C)C.O. The summed E-state index contributed by atoms with van der Waals surface area (Å²) in [6.45, 7) is 36.5. The molecular weight excluding hydrogens is 1060 g/mol. The first kappa shape index (κ1) is 86.7. The van der Waals surface area contributed by atoms with Crippen molar-refractivity contribution in [3.8, 4) is 0 Å². The van der Waals surface area contributed by atoms with Gasteiger partial charge in [-0.05, 0) is 59.2 Å². The van der Waals surface area contributed by atoms with Gasteiger partial charge in [0.2, 0.25) is 29.5 Å². The van der Waals surface area contributed by atoms with Crippen molar-refractivity contribution in [2.75, 3.05) is 0 Å². The van der Waals surface area contributed by atoms with Crippen LogP contribution in [-0.4, -0.2) is 151 Å². The van der Waals surface area contributed by atoms with Crippen LogP contribution in [0.15, 0.2) is 0 Å². The summed E-state index contributed by atoms with van der Waals surface area (Å²) in [6.07, 6.45) is 3.93. The lowest BCUT2D eigenvalue weighted by atomic mass is 9.98. The number of carbonyl (C=O) groups is 10. The molecule has 15 atom stereocenters. The lowest BCUT2D eigenvalue weighted by Gasteiger charge is -2.23. The molecule has 0 heterocycles. The number of aliphatic carboxylic acids is 5. The van der Waals surface area contributed by atoms with Gasteiger partial charge in [-0.25, -0.2) is 24.0 Å². The Labute approximate surface area is 482 Å². The Hall–Kier alpha value is -5.54. The van der Waals surface area contributed by atoms with Crippen molar-refractivity contribution < 1.29 is 79.0 Å². The van der Waals surface area contributed by atoms with Crippen molar-refractivity contribution in [1.29, 1.82) is 0 Å². The fourth-order valence-electron chi connectivity index (χ4n) is 6.38. The maximum atomic E-state index is 11.7. The average molecular weight is 1170 g/mol. The van der Waals surface area contributed by atoms with E-state index in [2.05, 4.69) is 26.6 Å². The van der Waals surface area contributed by atoms with Gasteiger partial charge in [-0.2, -0.15) is 0 Å². The van der Waals surface area contributed by atoms with Crippen LogP contribution < -0.4 is 55.3 Å². The number of carbonyl (C=O) groups excluding carboxylic acids is 5. The maximum Gasteiger partial charge on any atom is 0.326 e. The Balaban J connectivity index is -0.000000216. The van der Waals surface area contributed by atoms with E-state index >= 15 is 0 Å². The minimum absolute atomic E-state index is 0. The summed E-state index contributed by atoms with van der Waals surface area (Å²) in [5, 5.41) is 56.9. The molecule has 0 aliphatic carbocycles. The fourth-order valence-corrected chi connectivity index (χ4v) is 6.38. The summed E-state index contributed by atoms with van der Waals surface area (Å²) in [7, 11) is 0. The monoisotopic (exact) mass is 1170 g/mol. The number of nitrogens with one attached hydrogen (secondary N) is 5. The second kappa shape index (κ2) is 45.0. The van der Waals surface area contributed by atoms with Gasteiger partial charge in [-0.1, -0.05) is 171 Å². The summed E-state index contributed by atoms with van der Waals surface area (Å²) in [6, 6.07) is -7.60. The number of nitrogens with two attached hydrogens (primary N) is 5. The van der Waals surface area contributed by atoms with E-state index in [1.165, 1.54) is 0 Å². The van der Waals surface area contributed by atoms with Crippen molar-refractivity contribution in [2.45, 2.75) is 231 Å². The van der Waals surface area contributed by atoms with E-state index in [4.69, 9.17) is 54.2 Å². The summed E-state index contributed by atoms with van der Waals surface area (Å²) in [5.74, 6) is -7.70. The Morgan fingerprint density at radius 1 is 0.272 bits per heavy atom. The third-order valence-electron chi connectivity index (χ3n) is 14.0. The normalized spacial score (nSPS) is 16.4. The van der Waals surface area contributed by atoms with Crippen LogP contribution >= 0.6 is 0 Å². The lowest BCUT2D eigenvalue weighted by molar-refractivity contribution is -0.143. The van der Waals surface area contributed by atoms with E-state index < -0.39 is 120 Å². The predicted octanol–water partition coefficient (Wildman–Crippen LogP) is 2.10. The molecule has 26 nitrogen and oxygen atoms in total. The largest absolute Gasteiger partial charge is 0.480 e. The molecule has 5 amide bonds. The molecule has 0 rings (SSSR count). The van der Waals surface area contributed by atoms with Gasteiger partial charge in [0.15, 0.2) is 0 Å². The third kappa shape index (κ3) is 35.8. The number of rotatable bonds is 30. The molecule has 0 fully saturated rings. The number of carboxylic acids is 5. The van der Waals surface area contributed by atoms with E-state index in [9.17, 15) is 47.9 Å². The molecule has 0 aliphatic heterocycles. The molecule has 0 aromatic heterocycles. The van der Waals surface area contributed by atoms with Crippen LogP contribution in [0.25, 0.3) is 0 Å². The van der Waals surface area contributed by atoms with Gasteiger partial charge in [0.25, 0.3) is 0 Å². The van der Waals surface area contributed by atoms with Crippen molar-refractivity contribution in [2.24, 2.45) is 87.8 Å². The molecule has 0 aromatic carbocycles. The van der Waals surface area contributed by atoms with Crippen LogP contribution in [0.3, 0.4) is 0 Å². The van der Waals surface area contributed by atoms with Gasteiger partial charge in [0, 0.05) is 0 Å². The molecule has 26 heteroatoms. The summed E-state index contributed by atoms with van der Waals surface area (Å²) in [5.41, 5.74) is 28.6. The van der Waals surface area contributed by atoms with E-state index in [1.807, 2.05) is 69.2 Å². The molecule has 0 saturated heterocycles. The Morgan fingerprint density at radius 3 is 0.432 bits per heavy atom. The molecule has 22 N–H and O–H groups in total. The highest BCUT2D eigenvalue weighted by Crippen LogP contribution is 2.12. The number of hydrogen-bond acceptors (Lipinski definition) is 15. The van der Waals surface area contributed by atoms with Crippen molar-refractivity contribution in [1.82, 2.24) is 26.6 Å². The molecule has 0 saturated carbocycles. The van der Waals surface area contributed by atoms with E-state index in [-0.39, 0.29) is 64.7 Å². The third-order valence-corrected chi connectivity index (χ3v) is 14.0. The van der Waals surface area contributed by atoms with Gasteiger partial charge in [-0.15, -0.1) is 0 Å². The van der Waals surface area contributed by atoms with Gasteiger partial charge in [0.05, 0.1) is 30.2 Å². The maximum absolute atomic E-state index is 11.7. The predicted molar refractivity (Wildman–Crippen MR) is 313 cm³/mol. The summed E-state index contributed by atoms with van der Waals surface area (Å²) in [4.78, 5) is 113. The minimum atomic E-state index is -1.03. The Morgan fingerprint density at radius 2 is 0.370 bits per heavy atom. The zero-order valence-corrected chi connectivity index (χ0v) is 52.3. The quantitative estimate of drug-likeness (QED) is 0.0490. The molecule has 81 heavy (non-hydrogen) atoms. The number of amides is 5. The summed E-state index contributed by atoms with van der Waals surface area (Å²) < 4.78 is 0. The first-order valence-corrected chi connectivity index (χ1v) is 28.0. The van der Waals surface area contributed by atoms with Crippen molar-refractivity contribution in [3.63, 3.8) is 0 Å². The number of hydrogen-bond donors (Lipinski definition) is 15. The minimum Gasteiger partial charge on any atom is -0.480 e. The molecule has 0 aliphatic rings. The second-order valence-corrected chi connectivity index (χ2v) is 22.4. The van der Waals surface area contributed by atoms with Crippen molar-refractivity contribution in [3.05, 3.63) is 0 Å². The lowest BCUT2D eigenvalue weighted by Crippen LogP contribution is -2.52. The van der Waals surface area contributed by atoms with Gasteiger partial charge < -0.3 is 86.3 Å². The van der Waals surface area contributed by atoms with E-state index in [0.717, 1.165) is 32.1 Å². The highest BCUT2D eigenvalue weighted by Gasteiger charge is 2.32. The van der Waals surface area contributed by atoms with Crippen LogP contribution in [-0.2, 0) is 47.9 Å². The van der Waals surface area contributed by atoms with Crippen LogP contribution in [0.5, 0.6) is 0 Å². The molecule has 0 spiro atoms. The Bertz CT molecular complexity index is 1570. The summed E-state index contributed by atoms with van der Waals surface area (Å²) >= 11 is 0. The highest BCUT2D eigenvalue weighted by atomic mass is 16.4. The number of carboxylic acid groups (broad SMARTS) is 5. The molecule has 478 valence electrons. The zero-order valence-electron chi connectivity index (χ0n) is 52.3. The molecule has 0 unspecified atom stereocenters. The smallest absolute Gasteiger partial charge is 0.326 e. The Kier molecular flexibility index (Phi) is 48.2. The highest BCUT2D eigenvalue weighted by molar-refractivity contribution is 5.89. The van der Waals surface area contributed by atoms with E-state index in [1.54, 1.807) is 69.2 Å². The van der Waals surface area contributed by atoms with Gasteiger partial charge >= 0.3 is 29.8 Å². The first-order valence-electron chi connectivity index (χ1n) is 28.0. The van der Waals surface area contributed by atoms with Crippen LogP contribution in [0.4, 0.5) is 0 Å². The fraction of sp³-hybridized carbons (Fsp3) is 0.818. The zero-order chi connectivity index (χ0) is 64.4. The van der Waals surface area contributed by atoms with Crippen LogP contribution in [0, 0.1) is 59.2 Å². The van der Waals surface area contributed by atoms with Crippen LogP contribution in [0.2, 0.25) is 0 Å². The van der Waals surface area contributed by atoms with Gasteiger partial charge in [0.1, 0.15) is 30.2 Å². The van der Waals surface area contributed by atoms with E-state index in [0.29, 0.717) is 0 Å². The van der Waals surface area contributed by atoms with Crippen molar-refractivity contribution >= 4 is 59.4 Å². The standard InChI is InChI=1S/5C11H22N2O3.H2O/c5*1-5-7(4)8(12)10(14)13-9(6(2)3)11(15)16;/h5*6-9H,5,12H2,1-4H3,(H,13,14)(H,15,16);1H2/t5*7-,8-,9-;/m00000./s1. The molecule has 0 aromatic rings. The van der Waals surface area contributed by atoms with Crippen LogP contribution in [0.1, 0.15) is 171 Å². The first-order chi connectivity index (χ1) is 36.5. The second-order valence-electron chi connectivity index (χ2n) is 22.4. The average Bonchev–Trinajstić information content (AvgIpc) is 3.38.